The van der Waals surface area contributed by atoms with E-state index >= 15 is 0 Å². The average molecular weight is 229 g/mol. The molecule has 5 heteroatoms. The third kappa shape index (κ3) is 2.35. The average Bonchev–Trinajstić information content (AvgIpc) is 2.67. The van der Waals surface area contributed by atoms with Gasteiger partial charge in [0.25, 0.3) is 0 Å². The number of aliphatic carboxylic acids is 1. The molecule has 0 spiro atoms. The Kier molecular flexibility index (Phi) is 3.57. The van der Waals surface area contributed by atoms with E-state index in [1.165, 1.54) is 0 Å². The molecule has 1 saturated heterocycles. The van der Waals surface area contributed by atoms with Crippen LogP contribution in [-0.4, -0.2) is 35.7 Å². The first-order chi connectivity index (χ1) is 7.34. The molecule has 1 unspecified atom stereocenters. The molecular formula is C11H19NO4. The molecule has 1 fully saturated rings. The molecule has 1 aliphatic rings. The van der Waals surface area contributed by atoms with E-state index in [0.717, 1.165) is 0 Å². The van der Waals surface area contributed by atoms with E-state index in [-0.39, 0.29) is 12.5 Å². The first-order valence-corrected chi connectivity index (χ1v) is 5.48. The molecule has 1 aliphatic heterocycles. The summed E-state index contributed by atoms with van der Waals surface area (Å²) in [5.41, 5.74) is -1.78. The third-order valence-corrected chi connectivity index (χ3v) is 3.28. The fraction of sp³-hybridized carbons (Fsp3) is 0.818. The van der Waals surface area contributed by atoms with Gasteiger partial charge in [0.05, 0.1) is 6.61 Å². The molecule has 1 amide bonds. The van der Waals surface area contributed by atoms with Gasteiger partial charge in [-0.3, -0.25) is 4.79 Å². The van der Waals surface area contributed by atoms with Crippen LogP contribution in [0.4, 0.5) is 0 Å². The smallest absolute Gasteiger partial charge is 0.331 e. The molecule has 0 radical (unpaired) electrons. The molecule has 2 N–H and O–H groups in total. The second kappa shape index (κ2) is 4.41. The number of ether oxygens (including phenoxy) is 1. The lowest BCUT2D eigenvalue weighted by molar-refractivity contribution is -0.149. The summed E-state index contributed by atoms with van der Waals surface area (Å²) in [5.74, 6) is -1.26. The van der Waals surface area contributed by atoms with Crippen molar-refractivity contribution in [1.82, 2.24) is 5.32 Å². The van der Waals surface area contributed by atoms with Crippen LogP contribution >= 0.6 is 0 Å². The lowest BCUT2D eigenvalue weighted by atomic mass is 9.87. The van der Waals surface area contributed by atoms with Crippen molar-refractivity contribution >= 4 is 11.9 Å². The molecule has 1 rings (SSSR count). The van der Waals surface area contributed by atoms with Crippen LogP contribution in [0.15, 0.2) is 0 Å². The Morgan fingerprint density at radius 2 is 2.12 bits per heavy atom. The standard InChI is InChI=1S/C11H19NO4/c1-4-10(2,3)8(13)12-11(9(14)15)5-6-16-7-11/h4-7H2,1-3H3,(H,12,13)(H,14,15). The van der Waals surface area contributed by atoms with Crippen LogP contribution < -0.4 is 5.32 Å². The number of carbonyl (C=O) groups is 2. The largest absolute Gasteiger partial charge is 0.479 e. The molecule has 0 bridgehead atoms. The SMILES string of the molecule is CCC(C)(C)C(=O)NC1(C(=O)O)CCOC1. The van der Waals surface area contributed by atoms with Gasteiger partial charge in [0.1, 0.15) is 0 Å². The van der Waals surface area contributed by atoms with Gasteiger partial charge in [-0.2, -0.15) is 0 Å². The Hall–Kier alpha value is -1.10. The molecule has 0 aromatic heterocycles. The molecule has 16 heavy (non-hydrogen) atoms. The maximum Gasteiger partial charge on any atom is 0.331 e. The minimum absolute atomic E-state index is 0.0495. The van der Waals surface area contributed by atoms with E-state index in [4.69, 9.17) is 9.84 Å². The van der Waals surface area contributed by atoms with Crippen molar-refractivity contribution in [2.75, 3.05) is 13.2 Å². The van der Waals surface area contributed by atoms with E-state index in [0.29, 0.717) is 19.4 Å². The molecule has 1 atom stereocenters. The first kappa shape index (κ1) is 13.0. The lowest BCUT2D eigenvalue weighted by Crippen LogP contribution is -2.57. The Balaban J connectivity index is 2.78. The molecule has 92 valence electrons. The molecular weight excluding hydrogens is 210 g/mol. The van der Waals surface area contributed by atoms with Crippen molar-refractivity contribution in [2.45, 2.75) is 39.2 Å². The van der Waals surface area contributed by atoms with Crippen LogP contribution in [0.2, 0.25) is 0 Å². The summed E-state index contributed by atoms with van der Waals surface area (Å²) in [5, 5.41) is 11.8. The number of rotatable bonds is 4. The number of hydrogen-bond acceptors (Lipinski definition) is 3. The molecule has 0 aromatic carbocycles. The maximum absolute atomic E-state index is 11.9. The second-order valence-corrected chi connectivity index (χ2v) is 4.88. The molecule has 5 nitrogen and oxygen atoms in total. The van der Waals surface area contributed by atoms with Crippen molar-refractivity contribution in [3.63, 3.8) is 0 Å². The number of amides is 1. The zero-order chi connectivity index (χ0) is 12.4. The highest BCUT2D eigenvalue weighted by molar-refractivity contribution is 5.89. The molecule has 1 heterocycles. The van der Waals surface area contributed by atoms with Crippen LogP contribution in [-0.2, 0) is 14.3 Å². The lowest BCUT2D eigenvalue weighted by Gasteiger charge is -2.29. The fourth-order valence-electron chi connectivity index (χ4n) is 1.43. The van der Waals surface area contributed by atoms with Crippen molar-refractivity contribution in [1.29, 1.82) is 0 Å². The highest BCUT2D eigenvalue weighted by Gasteiger charge is 2.45. The predicted octanol–water partition coefficient (Wildman–Crippen LogP) is 0.782. The van der Waals surface area contributed by atoms with E-state index in [1.54, 1.807) is 13.8 Å². The molecule has 0 aromatic rings. The summed E-state index contributed by atoms with van der Waals surface area (Å²) in [7, 11) is 0. The van der Waals surface area contributed by atoms with Crippen molar-refractivity contribution < 1.29 is 19.4 Å². The Bertz CT molecular complexity index is 292. The molecule has 0 aliphatic carbocycles. The van der Waals surface area contributed by atoms with Crippen molar-refractivity contribution in [3.8, 4) is 0 Å². The summed E-state index contributed by atoms with van der Waals surface area (Å²) in [6.45, 7) is 5.92. The quantitative estimate of drug-likeness (QED) is 0.747. The van der Waals surface area contributed by atoms with Crippen LogP contribution in [0.25, 0.3) is 0 Å². The normalized spacial score (nSPS) is 25.4. The van der Waals surface area contributed by atoms with E-state index in [9.17, 15) is 9.59 Å². The van der Waals surface area contributed by atoms with Gasteiger partial charge in [-0.15, -0.1) is 0 Å². The van der Waals surface area contributed by atoms with Crippen LogP contribution in [0, 0.1) is 5.41 Å². The summed E-state index contributed by atoms with van der Waals surface area (Å²) >= 11 is 0. The summed E-state index contributed by atoms with van der Waals surface area (Å²) in [6, 6.07) is 0. The number of nitrogens with one attached hydrogen (secondary N) is 1. The van der Waals surface area contributed by atoms with E-state index < -0.39 is 16.9 Å². The van der Waals surface area contributed by atoms with Crippen LogP contribution in [0.1, 0.15) is 33.6 Å². The van der Waals surface area contributed by atoms with E-state index in [1.807, 2.05) is 6.92 Å². The number of carboxylic acid groups (broad SMARTS) is 1. The van der Waals surface area contributed by atoms with Gasteiger partial charge in [0.2, 0.25) is 5.91 Å². The highest BCUT2D eigenvalue weighted by atomic mass is 16.5. The zero-order valence-electron chi connectivity index (χ0n) is 10.0. The predicted molar refractivity (Wildman–Crippen MR) is 58.0 cm³/mol. The van der Waals surface area contributed by atoms with Gasteiger partial charge >= 0.3 is 5.97 Å². The summed E-state index contributed by atoms with van der Waals surface area (Å²) in [6.07, 6.45) is 0.989. The number of carboxylic acids is 1. The fourth-order valence-corrected chi connectivity index (χ4v) is 1.43. The van der Waals surface area contributed by atoms with Crippen molar-refractivity contribution in [2.24, 2.45) is 5.41 Å². The van der Waals surface area contributed by atoms with Crippen LogP contribution in [0.5, 0.6) is 0 Å². The zero-order valence-corrected chi connectivity index (χ0v) is 10.0. The Labute approximate surface area is 95.2 Å². The topological polar surface area (TPSA) is 75.6 Å². The van der Waals surface area contributed by atoms with Crippen molar-refractivity contribution in [3.05, 3.63) is 0 Å². The number of hydrogen-bond donors (Lipinski definition) is 2. The minimum Gasteiger partial charge on any atom is -0.479 e. The van der Waals surface area contributed by atoms with Gasteiger partial charge in [0, 0.05) is 18.4 Å². The highest BCUT2D eigenvalue weighted by Crippen LogP contribution is 2.24. The van der Waals surface area contributed by atoms with Gasteiger partial charge in [-0.25, -0.2) is 4.79 Å². The first-order valence-electron chi connectivity index (χ1n) is 5.48. The van der Waals surface area contributed by atoms with Gasteiger partial charge in [0.15, 0.2) is 5.54 Å². The van der Waals surface area contributed by atoms with Gasteiger partial charge < -0.3 is 15.2 Å². The van der Waals surface area contributed by atoms with Gasteiger partial charge in [-0.05, 0) is 6.42 Å². The Morgan fingerprint density at radius 1 is 1.50 bits per heavy atom. The molecule has 0 saturated carbocycles. The minimum atomic E-state index is -1.23. The number of carbonyl (C=O) groups excluding carboxylic acids is 1. The third-order valence-electron chi connectivity index (χ3n) is 3.28. The second-order valence-electron chi connectivity index (χ2n) is 4.88. The monoisotopic (exact) mass is 229 g/mol. The summed E-state index contributed by atoms with van der Waals surface area (Å²) < 4.78 is 5.07. The summed E-state index contributed by atoms with van der Waals surface area (Å²) in [4.78, 5) is 23.1. The Morgan fingerprint density at radius 3 is 2.50 bits per heavy atom. The van der Waals surface area contributed by atoms with E-state index in [2.05, 4.69) is 5.32 Å². The maximum atomic E-state index is 11.9. The van der Waals surface area contributed by atoms with Gasteiger partial charge in [-0.1, -0.05) is 20.8 Å². The van der Waals surface area contributed by atoms with Crippen LogP contribution in [0.3, 0.4) is 0 Å².